The fourth-order valence-electron chi connectivity index (χ4n) is 1.87. The minimum Gasteiger partial charge on any atom is -0.396 e. The lowest BCUT2D eigenvalue weighted by Crippen LogP contribution is -2.17. The van der Waals surface area contributed by atoms with Crippen LogP contribution in [0.25, 0.3) is 0 Å². The van der Waals surface area contributed by atoms with Gasteiger partial charge in [-0.05, 0) is 23.6 Å². The van der Waals surface area contributed by atoms with Gasteiger partial charge in [-0.2, -0.15) is 5.10 Å². The lowest BCUT2D eigenvalue weighted by molar-refractivity contribution is 0.101. The first-order valence-corrected chi connectivity index (χ1v) is 6.18. The molecule has 0 aliphatic carbocycles. The van der Waals surface area contributed by atoms with E-state index in [1.54, 1.807) is 7.05 Å². The van der Waals surface area contributed by atoms with E-state index in [1.165, 1.54) is 16.4 Å². The van der Waals surface area contributed by atoms with Crippen molar-refractivity contribution in [1.29, 1.82) is 0 Å². The molecular weight excluding hydrogens is 240 g/mol. The minimum atomic E-state index is -0.255. The van der Waals surface area contributed by atoms with Gasteiger partial charge in [-0.15, -0.1) is 0 Å². The molecule has 0 bridgehead atoms. The van der Waals surface area contributed by atoms with Crippen molar-refractivity contribution in [3.63, 3.8) is 0 Å². The van der Waals surface area contributed by atoms with Crippen molar-refractivity contribution >= 4 is 17.3 Å². The van der Waals surface area contributed by atoms with E-state index in [0.29, 0.717) is 17.3 Å². The maximum absolute atomic E-state index is 12.1. The molecule has 2 rings (SSSR count). The number of benzene rings is 1. The fraction of sp³-hybridized carbons (Fsp3) is 0.286. The van der Waals surface area contributed by atoms with Gasteiger partial charge in [-0.25, -0.2) is 0 Å². The molecule has 0 aliphatic heterocycles. The van der Waals surface area contributed by atoms with E-state index < -0.39 is 0 Å². The van der Waals surface area contributed by atoms with Gasteiger partial charge < -0.3 is 11.1 Å². The lowest BCUT2D eigenvalue weighted by atomic mass is 10.0. The highest BCUT2D eigenvalue weighted by Crippen LogP contribution is 2.18. The second kappa shape index (κ2) is 5.14. The molecule has 1 aromatic heterocycles. The molecule has 0 aliphatic rings. The normalized spacial score (nSPS) is 10.7. The molecule has 1 heterocycles. The molecule has 2 aromatic rings. The highest BCUT2D eigenvalue weighted by Gasteiger charge is 2.14. The first kappa shape index (κ1) is 13.1. The van der Waals surface area contributed by atoms with Gasteiger partial charge in [0, 0.05) is 12.7 Å². The van der Waals surface area contributed by atoms with Crippen molar-refractivity contribution in [1.82, 2.24) is 9.78 Å². The molecule has 0 spiro atoms. The van der Waals surface area contributed by atoms with Crippen LogP contribution in [0.3, 0.4) is 0 Å². The van der Waals surface area contributed by atoms with Crippen molar-refractivity contribution in [2.45, 2.75) is 19.8 Å². The molecular formula is C14H18N4O. The van der Waals surface area contributed by atoms with E-state index in [9.17, 15) is 4.79 Å². The number of hydrogen-bond acceptors (Lipinski definition) is 3. The number of carbonyl (C=O) groups excluding carboxylic acids is 1. The van der Waals surface area contributed by atoms with Gasteiger partial charge in [0.05, 0.1) is 11.9 Å². The van der Waals surface area contributed by atoms with E-state index in [2.05, 4.69) is 24.3 Å². The molecule has 0 radical (unpaired) electrons. The molecule has 1 amide bonds. The van der Waals surface area contributed by atoms with Crippen LogP contribution in [0, 0.1) is 0 Å². The molecule has 1 aromatic carbocycles. The van der Waals surface area contributed by atoms with E-state index in [0.717, 1.165) is 5.69 Å². The van der Waals surface area contributed by atoms with Crippen LogP contribution in [0.5, 0.6) is 0 Å². The Kier molecular flexibility index (Phi) is 3.55. The Morgan fingerprint density at radius 1 is 1.32 bits per heavy atom. The van der Waals surface area contributed by atoms with Gasteiger partial charge in [0.25, 0.3) is 5.91 Å². The van der Waals surface area contributed by atoms with Crippen molar-refractivity contribution in [3.8, 4) is 0 Å². The third-order valence-corrected chi connectivity index (χ3v) is 3.02. The largest absolute Gasteiger partial charge is 0.396 e. The summed E-state index contributed by atoms with van der Waals surface area (Å²) in [5, 5.41) is 6.76. The number of rotatable bonds is 3. The average molecular weight is 258 g/mol. The number of aromatic nitrogens is 2. The number of anilines is 2. The Balaban J connectivity index is 2.15. The van der Waals surface area contributed by atoms with Crippen LogP contribution in [0.1, 0.15) is 35.8 Å². The summed E-state index contributed by atoms with van der Waals surface area (Å²) in [7, 11) is 1.69. The third kappa shape index (κ3) is 2.76. The Hall–Kier alpha value is -2.30. The average Bonchev–Trinajstić information content (AvgIpc) is 2.69. The number of nitrogens with zero attached hydrogens (tertiary/aromatic N) is 2. The molecule has 0 unspecified atom stereocenters. The van der Waals surface area contributed by atoms with Gasteiger partial charge in [-0.3, -0.25) is 9.48 Å². The summed E-state index contributed by atoms with van der Waals surface area (Å²) < 4.78 is 1.47. The molecule has 0 atom stereocenters. The molecule has 5 heteroatoms. The zero-order valence-corrected chi connectivity index (χ0v) is 11.3. The monoisotopic (exact) mass is 258 g/mol. The number of carbonyl (C=O) groups is 1. The molecule has 19 heavy (non-hydrogen) atoms. The van der Waals surface area contributed by atoms with Crippen LogP contribution in [-0.2, 0) is 7.05 Å². The Morgan fingerprint density at radius 3 is 2.42 bits per heavy atom. The maximum Gasteiger partial charge on any atom is 0.276 e. The summed E-state index contributed by atoms with van der Waals surface area (Å²) in [5.74, 6) is 0.215. The number of amides is 1. The van der Waals surface area contributed by atoms with Crippen LogP contribution in [0.4, 0.5) is 11.4 Å². The van der Waals surface area contributed by atoms with Crippen molar-refractivity contribution in [3.05, 3.63) is 41.7 Å². The molecule has 0 saturated heterocycles. The zero-order chi connectivity index (χ0) is 14.0. The van der Waals surface area contributed by atoms with Crippen molar-refractivity contribution in [2.75, 3.05) is 11.1 Å². The number of nitrogen functional groups attached to an aromatic ring is 1. The predicted octanol–water partition coefficient (Wildman–Crippen LogP) is 2.38. The number of aryl methyl sites for hydroxylation is 1. The smallest absolute Gasteiger partial charge is 0.276 e. The van der Waals surface area contributed by atoms with Gasteiger partial charge in [0.2, 0.25) is 0 Å². The molecule has 5 nitrogen and oxygen atoms in total. The van der Waals surface area contributed by atoms with Crippen LogP contribution < -0.4 is 11.1 Å². The maximum atomic E-state index is 12.1. The molecule has 3 N–H and O–H groups in total. The molecule has 0 fully saturated rings. The van der Waals surface area contributed by atoms with E-state index in [-0.39, 0.29) is 5.91 Å². The van der Waals surface area contributed by atoms with Crippen molar-refractivity contribution < 1.29 is 4.79 Å². The summed E-state index contributed by atoms with van der Waals surface area (Å²) in [5.41, 5.74) is 8.44. The van der Waals surface area contributed by atoms with Gasteiger partial charge in [-0.1, -0.05) is 26.0 Å². The van der Waals surface area contributed by atoms with Crippen LogP contribution in [0.2, 0.25) is 0 Å². The van der Waals surface area contributed by atoms with Gasteiger partial charge in [0.15, 0.2) is 0 Å². The van der Waals surface area contributed by atoms with Gasteiger partial charge >= 0.3 is 0 Å². The van der Waals surface area contributed by atoms with Crippen molar-refractivity contribution in [2.24, 2.45) is 7.05 Å². The van der Waals surface area contributed by atoms with E-state index >= 15 is 0 Å². The van der Waals surface area contributed by atoms with Crippen LogP contribution >= 0.6 is 0 Å². The second-order valence-corrected chi connectivity index (χ2v) is 4.80. The summed E-state index contributed by atoms with van der Waals surface area (Å²) >= 11 is 0. The Bertz CT molecular complexity index is 564. The predicted molar refractivity (Wildman–Crippen MR) is 76.1 cm³/mol. The minimum absolute atomic E-state index is 0.255. The standard InChI is InChI=1S/C14H18N4O/c1-9(2)10-4-6-11(7-5-10)17-14(19)13-12(15)8-16-18(13)3/h4-9H,15H2,1-3H3,(H,17,19). The number of nitrogens with two attached hydrogens (primary N) is 1. The van der Waals surface area contributed by atoms with E-state index in [4.69, 9.17) is 5.73 Å². The van der Waals surface area contributed by atoms with Gasteiger partial charge in [0.1, 0.15) is 5.69 Å². The first-order valence-electron chi connectivity index (χ1n) is 6.18. The fourth-order valence-corrected chi connectivity index (χ4v) is 1.87. The lowest BCUT2D eigenvalue weighted by Gasteiger charge is -2.09. The SMILES string of the molecule is CC(C)c1ccc(NC(=O)c2c(N)cnn2C)cc1. The third-order valence-electron chi connectivity index (χ3n) is 3.02. The molecule has 100 valence electrons. The highest BCUT2D eigenvalue weighted by atomic mass is 16.2. The first-order chi connectivity index (χ1) is 8.99. The second-order valence-electron chi connectivity index (χ2n) is 4.80. The highest BCUT2D eigenvalue weighted by molar-refractivity contribution is 6.06. The Labute approximate surface area is 112 Å². The summed E-state index contributed by atoms with van der Waals surface area (Å²) in [6.45, 7) is 4.26. The van der Waals surface area contributed by atoms with Crippen LogP contribution in [0.15, 0.2) is 30.5 Å². The number of hydrogen-bond donors (Lipinski definition) is 2. The van der Waals surface area contributed by atoms with Crippen LogP contribution in [-0.4, -0.2) is 15.7 Å². The summed E-state index contributed by atoms with van der Waals surface area (Å²) in [6, 6.07) is 7.79. The summed E-state index contributed by atoms with van der Waals surface area (Å²) in [4.78, 5) is 12.1. The quantitative estimate of drug-likeness (QED) is 0.887. The molecule has 0 saturated carbocycles. The topological polar surface area (TPSA) is 72.9 Å². The number of nitrogens with one attached hydrogen (secondary N) is 1. The zero-order valence-electron chi connectivity index (χ0n) is 11.3. The summed E-state index contributed by atoms with van der Waals surface area (Å²) in [6.07, 6.45) is 1.47. The van der Waals surface area contributed by atoms with E-state index in [1.807, 2.05) is 24.3 Å². The Morgan fingerprint density at radius 2 is 1.95 bits per heavy atom.